The van der Waals surface area contributed by atoms with Gasteiger partial charge in [-0.1, -0.05) is 38.4 Å². The van der Waals surface area contributed by atoms with E-state index in [1.165, 1.54) is 0 Å². The zero-order valence-corrected chi connectivity index (χ0v) is 17.1. The van der Waals surface area contributed by atoms with E-state index < -0.39 is 0 Å². The third-order valence-electron chi connectivity index (χ3n) is 4.11. The topological polar surface area (TPSA) is 69.0 Å². The van der Waals surface area contributed by atoms with Crippen molar-refractivity contribution < 1.29 is 9.53 Å². The van der Waals surface area contributed by atoms with Crippen LogP contribution in [0.1, 0.15) is 32.0 Å². The van der Waals surface area contributed by atoms with Gasteiger partial charge in [-0.25, -0.2) is 4.98 Å². The summed E-state index contributed by atoms with van der Waals surface area (Å²) >= 11 is 6.01. The van der Waals surface area contributed by atoms with Crippen LogP contribution in [0.3, 0.4) is 0 Å². The lowest BCUT2D eigenvalue weighted by Gasteiger charge is -2.13. The smallest absolute Gasteiger partial charge is 0.263 e. The number of aryl methyl sites for hydroxylation is 1. The number of carbonyl (C=O) groups excluding carboxylic acids is 1. The van der Waals surface area contributed by atoms with Gasteiger partial charge in [0.15, 0.2) is 12.4 Å². The molecule has 7 heteroatoms. The number of ether oxygens (including phenoxy) is 1. The average Bonchev–Trinajstić information content (AvgIpc) is 3.07. The van der Waals surface area contributed by atoms with Crippen LogP contribution in [0.2, 0.25) is 5.02 Å². The number of nitrogens with one attached hydrogen (secondary N) is 1. The van der Waals surface area contributed by atoms with E-state index in [2.05, 4.69) is 36.2 Å². The van der Waals surface area contributed by atoms with Gasteiger partial charge in [0.25, 0.3) is 5.91 Å². The lowest BCUT2D eigenvalue weighted by Crippen LogP contribution is -2.22. The van der Waals surface area contributed by atoms with Crippen LogP contribution in [0.25, 0.3) is 5.82 Å². The zero-order valence-electron chi connectivity index (χ0n) is 16.4. The Labute approximate surface area is 169 Å². The summed E-state index contributed by atoms with van der Waals surface area (Å²) in [6.45, 7) is 7.95. The first kappa shape index (κ1) is 19.9. The SMILES string of the molecule is Cc1cc(OCC(=O)Nc2cc(C(C)(C)C)nn2-c2ccccn2)ccc1Cl. The van der Waals surface area contributed by atoms with E-state index in [-0.39, 0.29) is 17.9 Å². The number of benzene rings is 1. The first-order valence-electron chi connectivity index (χ1n) is 8.95. The maximum Gasteiger partial charge on any atom is 0.263 e. The molecule has 0 unspecified atom stereocenters. The molecule has 2 aromatic heterocycles. The van der Waals surface area contributed by atoms with Crippen molar-refractivity contribution in [1.29, 1.82) is 0 Å². The molecule has 1 aromatic carbocycles. The molecule has 0 fully saturated rings. The third-order valence-corrected chi connectivity index (χ3v) is 4.53. The van der Waals surface area contributed by atoms with Crippen molar-refractivity contribution in [2.24, 2.45) is 0 Å². The van der Waals surface area contributed by atoms with E-state index >= 15 is 0 Å². The van der Waals surface area contributed by atoms with Crippen LogP contribution >= 0.6 is 11.6 Å². The van der Waals surface area contributed by atoms with E-state index in [9.17, 15) is 4.79 Å². The van der Waals surface area contributed by atoms with E-state index in [0.717, 1.165) is 11.3 Å². The van der Waals surface area contributed by atoms with Crippen molar-refractivity contribution in [3.05, 3.63) is 64.9 Å². The van der Waals surface area contributed by atoms with Crippen molar-refractivity contribution in [1.82, 2.24) is 14.8 Å². The summed E-state index contributed by atoms with van der Waals surface area (Å²) in [5.41, 5.74) is 1.57. The van der Waals surface area contributed by atoms with Crippen LogP contribution in [0.4, 0.5) is 5.82 Å². The van der Waals surface area contributed by atoms with Crippen molar-refractivity contribution in [3.8, 4) is 11.6 Å². The third kappa shape index (κ3) is 4.70. The van der Waals surface area contributed by atoms with Gasteiger partial charge >= 0.3 is 0 Å². The highest BCUT2D eigenvalue weighted by Crippen LogP contribution is 2.26. The van der Waals surface area contributed by atoms with Crippen LogP contribution in [0.5, 0.6) is 5.75 Å². The Kier molecular flexibility index (Phi) is 5.70. The van der Waals surface area contributed by atoms with Gasteiger partial charge in [0.2, 0.25) is 0 Å². The largest absolute Gasteiger partial charge is 0.484 e. The van der Waals surface area contributed by atoms with Gasteiger partial charge in [-0.3, -0.25) is 4.79 Å². The molecule has 0 aliphatic rings. The summed E-state index contributed by atoms with van der Waals surface area (Å²) in [5, 5.41) is 8.15. The van der Waals surface area contributed by atoms with E-state index in [1.54, 1.807) is 29.1 Å². The molecule has 0 radical (unpaired) electrons. The summed E-state index contributed by atoms with van der Waals surface area (Å²) in [7, 11) is 0. The molecular weight excluding hydrogens is 376 g/mol. The quantitative estimate of drug-likeness (QED) is 0.684. The molecule has 1 amide bonds. The molecule has 1 N–H and O–H groups in total. The Hall–Kier alpha value is -2.86. The Balaban J connectivity index is 1.77. The minimum absolute atomic E-state index is 0.126. The summed E-state index contributed by atoms with van der Waals surface area (Å²) in [5.74, 6) is 1.47. The van der Waals surface area contributed by atoms with Crippen LogP contribution in [-0.2, 0) is 10.2 Å². The number of anilines is 1. The average molecular weight is 399 g/mol. The Morgan fingerprint density at radius 3 is 2.64 bits per heavy atom. The molecule has 0 aliphatic heterocycles. The Morgan fingerprint density at radius 2 is 2.00 bits per heavy atom. The second kappa shape index (κ2) is 8.02. The summed E-state index contributed by atoms with van der Waals surface area (Å²) in [4.78, 5) is 16.8. The molecule has 0 spiro atoms. The number of hydrogen-bond acceptors (Lipinski definition) is 4. The van der Waals surface area contributed by atoms with E-state index in [0.29, 0.717) is 22.4 Å². The molecule has 0 atom stereocenters. The maximum atomic E-state index is 12.5. The minimum atomic E-state index is -0.287. The van der Waals surface area contributed by atoms with Gasteiger partial charge in [0.05, 0.1) is 5.69 Å². The van der Waals surface area contributed by atoms with Crippen molar-refractivity contribution in [2.45, 2.75) is 33.1 Å². The first-order chi connectivity index (χ1) is 13.2. The lowest BCUT2D eigenvalue weighted by atomic mass is 9.92. The number of nitrogens with zero attached hydrogens (tertiary/aromatic N) is 3. The monoisotopic (exact) mass is 398 g/mol. The highest BCUT2D eigenvalue weighted by molar-refractivity contribution is 6.31. The fourth-order valence-corrected chi connectivity index (χ4v) is 2.64. The molecule has 146 valence electrons. The number of halogens is 1. The molecule has 2 heterocycles. The van der Waals surface area contributed by atoms with Crippen molar-refractivity contribution >= 4 is 23.3 Å². The van der Waals surface area contributed by atoms with Crippen molar-refractivity contribution in [2.75, 3.05) is 11.9 Å². The Morgan fingerprint density at radius 1 is 1.21 bits per heavy atom. The van der Waals surface area contributed by atoms with Crippen LogP contribution in [0.15, 0.2) is 48.7 Å². The molecule has 0 saturated carbocycles. The number of amides is 1. The minimum Gasteiger partial charge on any atom is -0.484 e. The maximum absolute atomic E-state index is 12.5. The number of carbonyl (C=O) groups is 1. The lowest BCUT2D eigenvalue weighted by molar-refractivity contribution is -0.118. The number of hydrogen-bond donors (Lipinski definition) is 1. The normalized spacial score (nSPS) is 11.3. The zero-order chi connectivity index (χ0) is 20.3. The van der Waals surface area contributed by atoms with Gasteiger partial charge in [-0.05, 0) is 42.8 Å². The van der Waals surface area contributed by atoms with Gasteiger partial charge in [0, 0.05) is 22.7 Å². The van der Waals surface area contributed by atoms with Crippen molar-refractivity contribution in [3.63, 3.8) is 0 Å². The molecule has 0 aliphatic carbocycles. The highest BCUT2D eigenvalue weighted by Gasteiger charge is 2.22. The molecule has 0 saturated heterocycles. The molecular formula is C21H23ClN4O2. The second-order valence-electron chi connectivity index (χ2n) is 7.51. The second-order valence-corrected chi connectivity index (χ2v) is 7.92. The standard InChI is InChI=1S/C21H23ClN4O2/c1-14-11-15(8-9-16(14)22)28-13-20(27)24-19-12-17(21(2,3)4)25-26(19)18-7-5-6-10-23-18/h5-12H,13H2,1-4H3,(H,24,27). The van der Waals surface area contributed by atoms with Gasteiger partial charge < -0.3 is 10.1 Å². The van der Waals surface area contributed by atoms with Gasteiger partial charge in [-0.2, -0.15) is 9.78 Å². The molecule has 3 aromatic rings. The summed E-state index contributed by atoms with van der Waals surface area (Å²) < 4.78 is 7.21. The fourth-order valence-electron chi connectivity index (χ4n) is 2.53. The van der Waals surface area contributed by atoms with E-state index in [4.69, 9.17) is 16.3 Å². The molecule has 6 nitrogen and oxygen atoms in total. The molecule has 3 rings (SSSR count). The summed E-state index contributed by atoms with van der Waals surface area (Å²) in [6.07, 6.45) is 1.69. The predicted molar refractivity (Wildman–Crippen MR) is 110 cm³/mol. The van der Waals surface area contributed by atoms with Gasteiger partial charge in [-0.15, -0.1) is 0 Å². The summed E-state index contributed by atoms with van der Waals surface area (Å²) in [6, 6.07) is 12.7. The first-order valence-corrected chi connectivity index (χ1v) is 9.32. The molecule has 28 heavy (non-hydrogen) atoms. The number of rotatable bonds is 5. The van der Waals surface area contributed by atoms with Crippen LogP contribution in [0, 0.1) is 6.92 Å². The highest BCUT2D eigenvalue weighted by atomic mass is 35.5. The predicted octanol–water partition coefficient (Wildman–Crippen LogP) is 4.54. The Bertz CT molecular complexity index is 978. The van der Waals surface area contributed by atoms with Crippen LogP contribution < -0.4 is 10.1 Å². The fraction of sp³-hybridized carbons (Fsp3) is 0.286. The van der Waals surface area contributed by atoms with Crippen LogP contribution in [-0.4, -0.2) is 27.3 Å². The molecule has 0 bridgehead atoms. The van der Waals surface area contributed by atoms with Gasteiger partial charge in [0.1, 0.15) is 11.6 Å². The van der Waals surface area contributed by atoms with E-state index in [1.807, 2.05) is 31.2 Å². The number of pyridine rings is 1. The number of aromatic nitrogens is 3.